The summed E-state index contributed by atoms with van der Waals surface area (Å²) < 4.78 is 6.08. The van der Waals surface area contributed by atoms with Crippen LogP contribution < -0.4 is 0 Å². The predicted octanol–water partition coefficient (Wildman–Crippen LogP) is 3.35. The van der Waals surface area contributed by atoms with Gasteiger partial charge in [-0.2, -0.15) is 0 Å². The third kappa shape index (κ3) is 3.54. The van der Waals surface area contributed by atoms with E-state index < -0.39 is 11.4 Å². The normalized spacial score (nSPS) is 11.5. The second kappa shape index (κ2) is 5.65. The van der Waals surface area contributed by atoms with Crippen LogP contribution in [0.2, 0.25) is 0 Å². The van der Waals surface area contributed by atoms with Gasteiger partial charge in [-0.05, 0) is 17.2 Å². The molecule has 0 saturated heterocycles. The van der Waals surface area contributed by atoms with Crippen LogP contribution in [0, 0.1) is 0 Å². The van der Waals surface area contributed by atoms with Crippen LogP contribution in [0.25, 0.3) is 0 Å². The third-order valence-corrected chi connectivity index (χ3v) is 3.33. The first-order valence-electron chi connectivity index (χ1n) is 5.37. The first kappa shape index (κ1) is 14.2. The van der Waals surface area contributed by atoms with E-state index in [-0.39, 0.29) is 6.42 Å². The van der Waals surface area contributed by atoms with Crippen LogP contribution in [0.15, 0.2) is 22.7 Å². The number of rotatable bonds is 5. The summed E-state index contributed by atoms with van der Waals surface area (Å²) >= 11 is 3.49. The van der Waals surface area contributed by atoms with Gasteiger partial charge in [0.25, 0.3) is 0 Å². The zero-order valence-corrected chi connectivity index (χ0v) is 11.9. The summed E-state index contributed by atoms with van der Waals surface area (Å²) in [6.07, 6.45) is 0.0896. The van der Waals surface area contributed by atoms with Crippen LogP contribution in [0.3, 0.4) is 0 Å². The molecule has 0 unspecified atom stereocenters. The molecule has 0 aromatic heterocycles. The molecule has 0 radical (unpaired) electrons. The van der Waals surface area contributed by atoms with Crippen LogP contribution in [0.1, 0.15) is 31.4 Å². The Labute approximate surface area is 110 Å². The summed E-state index contributed by atoms with van der Waals surface area (Å²) in [7, 11) is 1.63. The Morgan fingerprint density at radius 2 is 2.12 bits per heavy atom. The number of carboxylic acid groups (broad SMARTS) is 1. The van der Waals surface area contributed by atoms with E-state index in [1.54, 1.807) is 7.11 Å². The summed E-state index contributed by atoms with van der Waals surface area (Å²) in [6, 6.07) is 5.82. The predicted molar refractivity (Wildman–Crippen MR) is 70.1 cm³/mol. The van der Waals surface area contributed by atoms with Gasteiger partial charge in [-0.15, -0.1) is 0 Å². The van der Waals surface area contributed by atoms with Crippen LogP contribution in [0.5, 0.6) is 0 Å². The fourth-order valence-corrected chi connectivity index (χ4v) is 3.01. The van der Waals surface area contributed by atoms with Gasteiger partial charge in [0.15, 0.2) is 0 Å². The molecule has 0 aliphatic carbocycles. The van der Waals surface area contributed by atoms with E-state index in [0.717, 1.165) is 15.6 Å². The van der Waals surface area contributed by atoms with Gasteiger partial charge in [-0.25, -0.2) is 0 Å². The summed E-state index contributed by atoms with van der Waals surface area (Å²) in [4.78, 5) is 10.9. The number of hydrogen-bond acceptors (Lipinski definition) is 2. The summed E-state index contributed by atoms with van der Waals surface area (Å²) in [5.41, 5.74) is 1.59. The topological polar surface area (TPSA) is 46.5 Å². The molecule has 0 bridgehead atoms. The highest BCUT2D eigenvalue weighted by atomic mass is 79.9. The molecule has 4 heteroatoms. The first-order valence-corrected chi connectivity index (χ1v) is 6.16. The number of halogens is 1. The maximum Gasteiger partial charge on any atom is 0.304 e. The smallest absolute Gasteiger partial charge is 0.304 e. The lowest BCUT2D eigenvalue weighted by molar-refractivity contribution is -0.138. The Kier molecular flexibility index (Phi) is 4.71. The van der Waals surface area contributed by atoms with Crippen LogP contribution in [-0.4, -0.2) is 18.2 Å². The van der Waals surface area contributed by atoms with Crippen molar-refractivity contribution < 1.29 is 14.6 Å². The van der Waals surface area contributed by atoms with Gasteiger partial charge in [0.1, 0.15) is 0 Å². The fraction of sp³-hybridized carbons (Fsp3) is 0.462. The van der Waals surface area contributed by atoms with Crippen molar-refractivity contribution in [1.29, 1.82) is 0 Å². The van der Waals surface area contributed by atoms with E-state index in [4.69, 9.17) is 9.84 Å². The largest absolute Gasteiger partial charge is 0.481 e. The van der Waals surface area contributed by atoms with Crippen molar-refractivity contribution in [2.45, 2.75) is 32.3 Å². The highest BCUT2D eigenvalue weighted by Crippen LogP contribution is 2.35. The van der Waals surface area contributed by atoms with Crippen LogP contribution >= 0.6 is 15.9 Å². The van der Waals surface area contributed by atoms with Gasteiger partial charge in [-0.1, -0.05) is 41.9 Å². The van der Waals surface area contributed by atoms with Gasteiger partial charge in [-0.3, -0.25) is 4.79 Å². The van der Waals surface area contributed by atoms with Crippen LogP contribution in [-0.2, 0) is 21.6 Å². The highest BCUT2D eigenvalue weighted by Gasteiger charge is 2.28. The number of ether oxygens (including phenoxy) is 1. The van der Waals surface area contributed by atoms with Crippen molar-refractivity contribution >= 4 is 21.9 Å². The lowest BCUT2D eigenvalue weighted by atomic mass is 9.79. The second-order valence-electron chi connectivity index (χ2n) is 4.66. The molecule has 0 heterocycles. The van der Waals surface area contributed by atoms with Crippen molar-refractivity contribution in [2.75, 3.05) is 7.11 Å². The molecule has 0 spiro atoms. The molecule has 1 rings (SSSR count). The molecule has 17 heavy (non-hydrogen) atoms. The Morgan fingerprint density at radius 1 is 1.47 bits per heavy atom. The second-order valence-corrected chi connectivity index (χ2v) is 5.52. The Hall–Kier alpha value is -0.870. The Bertz CT molecular complexity index is 413. The van der Waals surface area contributed by atoms with Crippen molar-refractivity contribution in [3.8, 4) is 0 Å². The van der Waals surface area contributed by atoms with E-state index in [9.17, 15) is 4.79 Å². The molecule has 0 atom stereocenters. The molecule has 3 nitrogen and oxygen atoms in total. The van der Waals surface area contributed by atoms with E-state index in [2.05, 4.69) is 15.9 Å². The van der Waals surface area contributed by atoms with E-state index >= 15 is 0 Å². The molecule has 0 fully saturated rings. The van der Waals surface area contributed by atoms with E-state index in [0.29, 0.717) is 6.61 Å². The fourth-order valence-electron chi connectivity index (χ4n) is 2.07. The highest BCUT2D eigenvalue weighted by molar-refractivity contribution is 9.10. The molecular weight excluding hydrogens is 284 g/mol. The minimum atomic E-state index is -0.797. The summed E-state index contributed by atoms with van der Waals surface area (Å²) in [5, 5.41) is 8.98. The van der Waals surface area contributed by atoms with Crippen molar-refractivity contribution in [1.82, 2.24) is 0 Å². The minimum absolute atomic E-state index is 0.0896. The minimum Gasteiger partial charge on any atom is -0.481 e. The van der Waals surface area contributed by atoms with E-state index in [1.165, 1.54) is 0 Å². The maximum absolute atomic E-state index is 10.9. The van der Waals surface area contributed by atoms with Gasteiger partial charge in [0.05, 0.1) is 13.0 Å². The molecule has 1 N–H and O–H groups in total. The monoisotopic (exact) mass is 300 g/mol. The quantitative estimate of drug-likeness (QED) is 0.907. The van der Waals surface area contributed by atoms with Gasteiger partial charge < -0.3 is 9.84 Å². The average Bonchev–Trinajstić information content (AvgIpc) is 2.15. The van der Waals surface area contributed by atoms with Crippen molar-refractivity contribution in [3.05, 3.63) is 33.8 Å². The van der Waals surface area contributed by atoms with E-state index in [1.807, 2.05) is 32.0 Å². The molecule has 0 aliphatic heterocycles. The van der Waals surface area contributed by atoms with Gasteiger partial charge in [0, 0.05) is 17.0 Å². The SMILES string of the molecule is COCc1cccc(Br)c1C(C)(C)CC(=O)O. The molecule has 1 aromatic carbocycles. The Balaban J connectivity index is 3.22. The lowest BCUT2D eigenvalue weighted by Gasteiger charge is -2.27. The maximum atomic E-state index is 10.9. The number of methoxy groups -OCH3 is 1. The number of carbonyl (C=O) groups is 1. The molecular formula is C13H17BrO3. The lowest BCUT2D eigenvalue weighted by Crippen LogP contribution is -2.24. The van der Waals surface area contributed by atoms with Crippen molar-refractivity contribution in [3.63, 3.8) is 0 Å². The number of aliphatic carboxylic acids is 1. The third-order valence-electron chi connectivity index (χ3n) is 2.67. The van der Waals surface area contributed by atoms with Gasteiger partial charge in [0.2, 0.25) is 0 Å². The average molecular weight is 301 g/mol. The van der Waals surface area contributed by atoms with Gasteiger partial charge >= 0.3 is 5.97 Å². The zero-order chi connectivity index (χ0) is 13.1. The number of benzene rings is 1. The summed E-state index contributed by atoms with van der Waals surface area (Å²) in [6.45, 7) is 4.35. The molecule has 0 saturated carbocycles. The van der Waals surface area contributed by atoms with Crippen LogP contribution in [0.4, 0.5) is 0 Å². The zero-order valence-electron chi connectivity index (χ0n) is 10.3. The molecule has 0 aliphatic rings. The first-order chi connectivity index (χ1) is 7.88. The molecule has 1 aromatic rings. The number of carboxylic acids is 1. The molecule has 0 amide bonds. The Morgan fingerprint density at radius 3 is 2.65 bits per heavy atom. The standard InChI is InChI=1S/C13H17BrO3/c1-13(2,7-11(15)16)12-9(8-17-3)5-4-6-10(12)14/h4-6H,7-8H2,1-3H3,(H,15,16). The van der Waals surface area contributed by atoms with Crippen molar-refractivity contribution in [2.24, 2.45) is 0 Å². The number of hydrogen-bond donors (Lipinski definition) is 1. The molecule has 94 valence electrons. The summed E-state index contributed by atoms with van der Waals surface area (Å²) in [5.74, 6) is -0.797.